The fraction of sp³-hybridized carbons (Fsp3) is 0.211. The van der Waals surface area contributed by atoms with Crippen molar-refractivity contribution in [3.05, 3.63) is 54.2 Å². The van der Waals surface area contributed by atoms with E-state index in [1.54, 1.807) is 7.11 Å². The zero-order valence-corrected chi connectivity index (χ0v) is 14.8. The van der Waals surface area contributed by atoms with E-state index in [0.717, 1.165) is 39.5 Å². The van der Waals surface area contributed by atoms with Gasteiger partial charge in [0.1, 0.15) is 11.5 Å². The van der Waals surface area contributed by atoms with Crippen molar-refractivity contribution in [3.63, 3.8) is 0 Å². The van der Waals surface area contributed by atoms with E-state index in [1.165, 1.54) is 0 Å². The van der Waals surface area contributed by atoms with Crippen LogP contribution in [0.15, 0.2) is 48.5 Å². The summed E-state index contributed by atoms with van der Waals surface area (Å²) in [6.45, 7) is 4.61. The molecule has 4 nitrogen and oxygen atoms in total. The van der Waals surface area contributed by atoms with Crippen LogP contribution in [0.1, 0.15) is 12.6 Å². The summed E-state index contributed by atoms with van der Waals surface area (Å²) in [5.41, 5.74) is 3.80. The Kier molecular flexibility index (Phi) is 5.88. The van der Waals surface area contributed by atoms with Crippen molar-refractivity contribution in [3.8, 4) is 11.5 Å². The zero-order chi connectivity index (χ0) is 16.2. The smallest absolute Gasteiger partial charge is 0.142 e. The Morgan fingerprint density at radius 2 is 1.83 bits per heavy atom. The molecule has 2 aromatic carbocycles. The molecule has 1 aromatic heterocycles. The Hall–Kier alpha value is -2.46. The summed E-state index contributed by atoms with van der Waals surface area (Å²) in [7, 11) is 1.67. The minimum Gasteiger partial charge on any atom is -0.495 e. The highest BCUT2D eigenvalue weighted by molar-refractivity contribution is 5.94. The molecule has 24 heavy (non-hydrogen) atoms. The number of pyridine rings is 1. The number of fused-ring (bicyclic) bond motifs is 1. The lowest BCUT2D eigenvalue weighted by molar-refractivity contribution is 0.340. The Morgan fingerprint density at radius 3 is 2.58 bits per heavy atom. The van der Waals surface area contributed by atoms with E-state index in [1.807, 2.05) is 62.4 Å². The van der Waals surface area contributed by atoms with Gasteiger partial charge < -0.3 is 14.8 Å². The molecule has 0 unspecified atom stereocenters. The van der Waals surface area contributed by atoms with Crippen molar-refractivity contribution in [2.75, 3.05) is 19.0 Å². The molecule has 0 spiro atoms. The lowest BCUT2D eigenvalue weighted by Gasteiger charge is -2.14. The van der Waals surface area contributed by atoms with Gasteiger partial charge in [0, 0.05) is 16.8 Å². The summed E-state index contributed by atoms with van der Waals surface area (Å²) in [6.07, 6.45) is 0. The Balaban J connectivity index is 0.00000208. The molecule has 0 amide bonds. The average molecular weight is 345 g/mol. The summed E-state index contributed by atoms with van der Waals surface area (Å²) in [5.74, 6) is 1.64. The molecule has 0 atom stereocenters. The normalized spacial score (nSPS) is 10.1. The maximum Gasteiger partial charge on any atom is 0.142 e. The zero-order valence-electron chi connectivity index (χ0n) is 14.0. The molecule has 0 saturated heterocycles. The van der Waals surface area contributed by atoms with E-state index in [4.69, 9.17) is 9.47 Å². The fourth-order valence-electron chi connectivity index (χ4n) is 2.59. The first-order chi connectivity index (χ1) is 11.2. The lowest BCUT2D eigenvalue weighted by atomic mass is 10.1. The minimum absolute atomic E-state index is 0. The number of nitrogens with zero attached hydrogens (tertiary/aromatic N) is 1. The predicted molar refractivity (Wildman–Crippen MR) is 101 cm³/mol. The second-order valence-electron chi connectivity index (χ2n) is 5.25. The quantitative estimate of drug-likeness (QED) is 0.698. The van der Waals surface area contributed by atoms with Crippen LogP contribution in [0.25, 0.3) is 10.9 Å². The molecule has 3 aromatic rings. The largest absolute Gasteiger partial charge is 0.495 e. The molecule has 1 heterocycles. The van der Waals surface area contributed by atoms with Gasteiger partial charge in [-0.05, 0) is 50.2 Å². The number of rotatable bonds is 5. The summed E-state index contributed by atoms with van der Waals surface area (Å²) < 4.78 is 11.0. The third-order valence-corrected chi connectivity index (χ3v) is 3.60. The van der Waals surface area contributed by atoms with Crippen LogP contribution < -0.4 is 14.8 Å². The van der Waals surface area contributed by atoms with Gasteiger partial charge in [0.25, 0.3) is 0 Å². The van der Waals surface area contributed by atoms with Crippen LogP contribution in [0.2, 0.25) is 0 Å². The highest BCUT2D eigenvalue weighted by atomic mass is 35.5. The Labute approximate surface area is 148 Å². The summed E-state index contributed by atoms with van der Waals surface area (Å²) >= 11 is 0. The number of benzene rings is 2. The Morgan fingerprint density at radius 1 is 1.04 bits per heavy atom. The Bertz CT molecular complexity index is 837. The van der Waals surface area contributed by atoms with Crippen LogP contribution in [-0.4, -0.2) is 18.7 Å². The molecule has 0 bridgehead atoms. The van der Waals surface area contributed by atoms with Gasteiger partial charge in [0.2, 0.25) is 0 Å². The van der Waals surface area contributed by atoms with E-state index in [0.29, 0.717) is 6.61 Å². The molecule has 0 radical (unpaired) electrons. The van der Waals surface area contributed by atoms with Crippen molar-refractivity contribution < 1.29 is 9.47 Å². The van der Waals surface area contributed by atoms with Gasteiger partial charge in [-0.1, -0.05) is 12.1 Å². The monoisotopic (exact) mass is 344 g/mol. The molecule has 126 valence electrons. The highest BCUT2D eigenvalue weighted by Crippen LogP contribution is 2.32. The first-order valence-corrected chi connectivity index (χ1v) is 7.65. The minimum atomic E-state index is 0. The number of para-hydroxylation sites is 2. The van der Waals surface area contributed by atoms with Crippen molar-refractivity contribution >= 4 is 34.7 Å². The number of aryl methyl sites for hydroxylation is 1. The number of hydrogen-bond acceptors (Lipinski definition) is 4. The third-order valence-electron chi connectivity index (χ3n) is 3.60. The van der Waals surface area contributed by atoms with E-state index >= 15 is 0 Å². The van der Waals surface area contributed by atoms with E-state index < -0.39 is 0 Å². The molecule has 1 N–H and O–H groups in total. The van der Waals surface area contributed by atoms with Crippen LogP contribution in [-0.2, 0) is 0 Å². The van der Waals surface area contributed by atoms with Crippen LogP contribution >= 0.6 is 12.4 Å². The lowest BCUT2D eigenvalue weighted by Crippen LogP contribution is -1.98. The average Bonchev–Trinajstić information content (AvgIpc) is 2.56. The second kappa shape index (κ2) is 7.88. The van der Waals surface area contributed by atoms with E-state index in [-0.39, 0.29) is 12.4 Å². The maximum absolute atomic E-state index is 5.61. The maximum atomic E-state index is 5.61. The van der Waals surface area contributed by atoms with E-state index in [9.17, 15) is 0 Å². The molecular weight excluding hydrogens is 324 g/mol. The molecule has 0 saturated carbocycles. The van der Waals surface area contributed by atoms with Gasteiger partial charge in [-0.3, -0.25) is 4.98 Å². The van der Waals surface area contributed by atoms with E-state index in [2.05, 4.69) is 10.3 Å². The SMILES string of the molecule is CCOc1ccc2nc(C)cc(Nc3ccccc3OC)c2c1.Cl. The third kappa shape index (κ3) is 3.71. The number of ether oxygens (including phenoxy) is 2. The van der Waals surface area contributed by atoms with Gasteiger partial charge in [-0.25, -0.2) is 0 Å². The number of hydrogen-bond donors (Lipinski definition) is 1. The molecular formula is C19H21ClN2O2. The van der Waals surface area contributed by atoms with Gasteiger partial charge in [-0.15, -0.1) is 12.4 Å². The van der Waals surface area contributed by atoms with Crippen LogP contribution in [0.4, 0.5) is 11.4 Å². The van der Waals surface area contributed by atoms with Gasteiger partial charge >= 0.3 is 0 Å². The van der Waals surface area contributed by atoms with Crippen LogP contribution in [0.5, 0.6) is 11.5 Å². The van der Waals surface area contributed by atoms with Crippen molar-refractivity contribution in [2.24, 2.45) is 0 Å². The summed E-state index contributed by atoms with van der Waals surface area (Å²) in [5, 5.41) is 4.48. The number of anilines is 2. The molecule has 0 fully saturated rings. The molecule has 0 aliphatic carbocycles. The summed E-state index contributed by atoms with van der Waals surface area (Å²) in [6, 6.07) is 15.8. The molecule has 5 heteroatoms. The van der Waals surface area contributed by atoms with Crippen LogP contribution in [0, 0.1) is 6.92 Å². The van der Waals surface area contributed by atoms with Crippen molar-refractivity contribution in [1.82, 2.24) is 4.98 Å². The second-order valence-corrected chi connectivity index (χ2v) is 5.25. The highest BCUT2D eigenvalue weighted by Gasteiger charge is 2.08. The van der Waals surface area contributed by atoms with Gasteiger partial charge in [0.15, 0.2) is 0 Å². The standard InChI is InChI=1S/C19H20N2O2.ClH/c1-4-23-14-9-10-16-15(12-14)18(11-13(2)20-16)21-17-7-5-6-8-19(17)22-3;/h5-12H,4H2,1-3H3,(H,20,21);1H. The first kappa shape index (κ1) is 17.9. The summed E-state index contributed by atoms with van der Waals surface area (Å²) in [4.78, 5) is 4.59. The first-order valence-electron chi connectivity index (χ1n) is 7.65. The van der Waals surface area contributed by atoms with Gasteiger partial charge in [-0.2, -0.15) is 0 Å². The molecule has 0 aliphatic rings. The number of halogens is 1. The fourth-order valence-corrected chi connectivity index (χ4v) is 2.59. The number of methoxy groups -OCH3 is 1. The van der Waals surface area contributed by atoms with Crippen LogP contribution in [0.3, 0.4) is 0 Å². The number of nitrogens with one attached hydrogen (secondary N) is 1. The molecule has 3 rings (SSSR count). The van der Waals surface area contributed by atoms with Crippen molar-refractivity contribution in [2.45, 2.75) is 13.8 Å². The number of aromatic nitrogens is 1. The van der Waals surface area contributed by atoms with Gasteiger partial charge in [0.05, 0.1) is 24.9 Å². The molecule has 0 aliphatic heterocycles. The van der Waals surface area contributed by atoms with Crippen molar-refractivity contribution in [1.29, 1.82) is 0 Å². The predicted octanol–water partition coefficient (Wildman–Crippen LogP) is 5.12. The topological polar surface area (TPSA) is 43.4 Å².